The summed E-state index contributed by atoms with van der Waals surface area (Å²) in [4.78, 5) is 19.7. The molecular weight excluding hydrogens is 282 g/mol. The Kier molecular flexibility index (Phi) is 4.42. The van der Waals surface area contributed by atoms with Crippen LogP contribution in [0.1, 0.15) is 16.2 Å². The van der Waals surface area contributed by atoms with Gasteiger partial charge in [0.15, 0.2) is 5.69 Å². The molecular formula is C14H12F2N2O3. The highest BCUT2D eigenvalue weighted by atomic mass is 19.3. The average molecular weight is 294 g/mol. The molecule has 2 aromatic rings. The second kappa shape index (κ2) is 6.25. The van der Waals surface area contributed by atoms with Gasteiger partial charge in [-0.05, 0) is 31.2 Å². The molecule has 0 aliphatic carbocycles. The van der Waals surface area contributed by atoms with E-state index in [0.717, 1.165) is 0 Å². The van der Waals surface area contributed by atoms with Gasteiger partial charge in [0.25, 0.3) is 0 Å². The number of halogens is 2. The van der Waals surface area contributed by atoms with Crippen LogP contribution in [-0.2, 0) is 4.74 Å². The first kappa shape index (κ1) is 14.8. The van der Waals surface area contributed by atoms with Gasteiger partial charge in [-0.2, -0.15) is 8.78 Å². The number of esters is 1. The SMILES string of the molecule is COC(=O)c1ncc(-c2ccc(OC(F)F)cc2)nc1C. The summed E-state index contributed by atoms with van der Waals surface area (Å²) in [6.45, 7) is -1.23. The van der Waals surface area contributed by atoms with Gasteiger partial charge in [0.05, 0.1) is 24.7 Å². The monoisotopic (exact) mass is 294 g/mol. The van der Waals surface area contributed by atoms with Crippen LogP contribution in [0.25, 0.3) is 11.3 Å². The third-order valence-electron chi connectivity index (χ3n) is 2.70. The summed E-state index contributed by atoms with van der Waals surface area (Å²) in [6.07, 6.45) is 1.42. The number of ether oxygens (including phenoxy) is 2. The fourth-order valence-electron chi connectivity index (χ4n) is 1.72. The van der Waals surface area contributed by atoms with Gasteiger partial charge < -0.3 is 9.47 Å². The summed E-state index contributed by atoms with van der Waals surface area (Å²) in [5, 5.41) is 0. The van der Waals surface area contributed by atoms with Crippen molar-refractivity contribution in [3.8, 4) is 17.0 Å². The summed E-state index contributed by atoms with van der Waals surface area (Å²) < 4.78 is 33.0. The van der Waals surface area contributed by atoms with Gasteiger partial charge in [-0.1, -0.05) is 0 Å². The van der Waals surface area contributed by atoms with Gasteiger partial charge in [-0.3, -0.25) is 0 Å². The van der Waals surface area contributed by atoms with Crippen molar-refractivity contribution >= 4 is 5.97 Å². The van der Waals surface area contributed by atoms with Crippen molar-refractivity contribution in [3.63, 3.8) is 0 Å². The van der Waals surface area contributed by atoms with Gasteiger partial charge >= 0.3 is 12.6 Å². The largest absolute Gasteiger partial charge is 0.464 e. The summed E-state index contributed by atoms with van der Waals surface area (Å²) in [6, 6.07) is 5.98. The molecule has 0 bridgehead atoms. The minimum Gasteiger partial charge on any atom is -0.464 e. The average Bonchev–Trinajstić information content (AvgIpc) is 2.46. The molecule has 1 heterocycles. The fraction of sp³-hybridized carbons (Fsp3) is 0.214. The molecule has 21 heavy (non-hydrogen) atoms. The number of hydrogen-bond acceptors (Lipinski definition) is 5. The molecule has 0 saturated carbocycles. The normalized spacial score (nSPS) is 10.5. The van der Waals surface area contributed by atoms with Gasteiger partial charge in [-0.15, -0.1) is 0 Å². The zero-order chi connectivity index (χ0) is 15.4. The van der Waals surface area contributed by atoms with E-state index in [1.165, 1.54) is 25.4 Å². The molecule has 0 spiro atoms. The number of hydrogen-bond donors (Lipinski definition) is 0. The molecule has 0 aliphatic heterocycles. The second-order valence-corrected chi connectivity index (χ2v) is 4.08. The number of methoxy groups -OCH3 is 1. The van der Waals surface area contributed by atoms with Crippen LogP contribution in [0, 0.1) is 6.92 Å². The van der Waals surface area contributed by atoms with Crippen molar-refractivity contribution in [2.75, 3.05) is 7.11 Å². The second-order valence-electron chi connectivity index (χ2n) is 4.08. The van der Waals surface area contributed by atoms with E-state index in [9.17, 15) is 13.6 Å². The molecule has 0 radical (unpaired) electrons. The van der Waals surface area contributed by atoms with Crippen LogP contribution in [0.15, 0.2) is 30.5 Å². The maximum Gasteiger partial charge on any atom is 0.387 e. The predicted octanol–water partition coefficient (Wildman–Crippen LogP) is 2.84. The third kappa shape index (κ3) is 3.50. The van der Waals surface area contributed by atoms with Crippen LogP contribution in [0.3, 0.4) is 0 Å². The quantitative estimate of drug-likeness (QED) is 0.811. The Bertz CT molecular complexity index is 645. The molecule has 0 aliphatic rings. The Morgan fingerprint density at radius 2 is 1.90 bits per heavy atom. The smallest absolute Gasteiger partial charge is 0.387 e. The Hall–Kier alpha value is -2.57. The number of nitrogens with zero attached hydrogens (tertiary/aromatic N) is 2. The zero-order valence-corrected chi connectivity index (χ0v) is 11.3. The number of rotatable bonds is 4. The van der Waals surface area contributed by atoms with Gasteiger partial charge in [0.1, 0.15) is 5.75 Å². The van der Waals surface area contributed by atoms with Gasteiger partial charge in [0, 0.05) is 5.56 Å². The molecule has 0 amide bonds. The molecule has 0 unspecified atom stereocenters. The summed E-state index contributed by atoms with van der Waals surface area (Å²) in [5.74, 6) is -0.503. The molecule has 110 valence electrons. The standard InChI is InChI=1S/C14H12F2N2O3/c1-8-12(13(19)20-2)17-7-11(18-8)9-3-5-10(6-4-9)21-14(15)16/h3-7,14H,1-2H3. The van der Waals surface area contributed by atoms with E-state index in [4.69, 9.17) is 0 Å². The number of carbonyl (C=O) groups is 1. The van der Waals surface area contributed by atoms with Gasteiger partial charge in [0.2, 0.25) is 0 Å². The highest BCUT2D eigenvalue weighted by Gasteiger charge is 2.13. The van der Waals surface area contributed by atoms with E-state index < -0.39 is 12.6 Å². The molecule has 2 rings (SSSR count). The van der Waals surface area contributed by atoms with Crippen LogP contribution >= 0.6 is 0 Å². The van der Waals surface area contributed by atoms with Crippen LogP contribution in [0.5, 0.6) is 5.75 Å². The van der Waals surface area contributed by atoms with Gasteiger partial charge in [-0.25, -0.2) is 14.8 Å². The molecule has 7 heteroatoms. The lowest BCUT2D eigenvalue weighted by molar-refractivity contribution is -0.0498. The summed E-state index contributed by atoms with van der Waals surface area (Å²) in [7, 11) is 1.26. The molecule has 0 N–H and O–H groups in total. The topological polar surface area (TPSA) is 61.3 Å². The van der Waals surface area contributed by atoms with Crippen LogP contribution < -0.4 is 4.74 Å². The lowest BCUT2D eigenvalue weighted by atomic mass is 10.1. The minimum atomic E-state index is -2.86. The fourth-order valence-corrected chi connectivity index (χ4v) is 1.72. The first-order valence-electron chi connectivity index (χ1n) is 5.98. The maximum absolute atomic E-state index is 12.1. The lowest BCUT2D eigenvalue weighted by Gasteiger charge is -2.07. The number of alkyl halides is 2. The Morgan fingerprint density at radius 3 is 2.43 bits per heavy atom. The Morgan fingerprint density at radius 1 is 1.24 bits per heavy atom. The van der Waals surface area contributed by atoms with E-state index in [0.29, 0.717) is 17.0 Å². The zero-order valence-electron chi connectivity index (χ0n) is 11.3. The van der Waals surface area contributed by atoms with E-state index in [1.54, 1.807) is 19.1 Å². The third-order valence-corrected chi connectivity index (χ3v) is 2.70. The highest BCUT2D eigenvalue weighted by molar-refractivity contribution is 5.88. The van der Waals surface area contributed by atoms with Crippen molar-refractivity contribution in [2.24, 2.45) is 0 Å². The van der Waals surface area contributed by atoms with Crippen LogP contribution in [-0.4, -0.2) is 29.7 Å². The summed E-state index contributed by atoms with van der Waals surface area (Å²) >= 11 is 0. The Balaban J connectivity index is 2.26. The van der Waals surface area contributed by atoms with Crippen molar-refractivity contribution in [2.45, 2.75) is 13.5 Å². The minimum absolute atomic E-state index is 0.0598. The molecule has 1 aromatic carbocycles. The van der Waals surface area contributed by atoms with Crippen molar-refractivity contribution in [1.29, 1.82) is 0 Å². The molecule has 5 nitrogen and oxygen atoms in total. The predicted molar refractivity (Wildman–Crippen MR) is 70.2 cm³/mol. The Labute approximate surface area is 119 Å². The maximum atomic E-state index is 12.1. The first-order valence-corrected chi connectivity index (χ1v) is 5.98. The molecule has 0 saturated heterocycles. The van der Waals surface area contributed by atoms with E-state index in [2.05, 4.69) is 19.4 Å². The molecule has 1 aromatic heterocycles. The molecule has 0 fully saturated rings. The van der Waals surface area contributed by atoms with Crippen molar-refractivity contribution in [1.82, 2.24) is 9.97 Å². The number of aromatic nitrogens is 2. The highest BCUT2D eigenvalue weighted by Crippen LogP contribution is 2.22. The number of aryl methyl sites for hydroxylation is 1. The van der Waals surface area contributed by atoms with E-state index >= 15 is 0 Å². The van der Waals surface area contributed by atoms with E-state index in [1.807, 2.05) is 0 Å². The lowest BCUT2D eigenvalue weighted by Crippen LogP contribution is -2.08. The van der Waals surface area contributed by atoms with E-state index in [-0.39, 0.29) is 11.4 Å². The number of benzene rings is 1. The van der Waals surface area contributed by atoms with Crippen molar-refractivity contribution < 1.29 is 23.0 Å². The number of carbonyl (C=O) groups excluding carboxylic acids is 1. The molecule has 0 atom stereocenters. The first-order chi connectivity index (χ1) is 10.0. The van der Waals surface area contributed by atoms with Crippen LogP contribution in [0.2, 0.25) is 0 Å². The van der Waals surface area contributed by atoms with Crippen molar-refractivity contribution in [3.05, 3.63) is 41.9 Å². The van der Waals surface area contributed by atoms with Crippen LogP contribution in [0.4, 0.5) is 8.78 Å². The summed E-state index contributed by atoms with van der Waals surface area (Å²) in [5.41, 5.74) is 1.75.